The number of hydrogen-bond acceptors (Lipinski definition) is 2. The van der Waals surface area contributed by atoms with Crippen molar-refractivity contribution in [3.8, 4) is 0 Å². The first-order valence-electron chi connectivity index (χ1n) is 3.01. The van der Waals surface area contributed by atoms with Gasteiger partial charge >= 0.3 is 22.4 Å². The minimum atomic E-state index is -0.859. The van der Waals surface area contributed by atoms with Crippen LogP contribution in [0.3, 0.4) is 0 Å². The Kier molecular flexibility index (Phi) is 4.19. The van der Waals surface area contributed by atoms with Crippen molar-refractivity contribution >= 4 is 5.97 Å². The van der Waals surface area contributed by atoms with Gasteiger partial charge in [0.15, 0.2) is 0 Å². The SMILES string of the molecule is O=C([O-])C1CCCC1.[Ag+]. The molecule has 0 aromatic heterocycles. The Bertz CT molecular complexity index is 97.2. The second-order valence-electron chi connectivity index (χ2n) is 2.30. The molecule has 0 N–H and O–H groups in total. The van der Waals surface area contributed by atoms with Crippen molar-refractivity contribution in [3.63, 3.8) is 0 Å². The minimum Gasteiger partial charge on any atom is -0.550 e. The molecule has 0 bridgehead atoms. The molecule has 0 aromatic carbocycles. The molecular formula is C6H9AgO2. The Morgan fingerprint density at radius 3 is 2.00 bits per heavy atom. The van der Waals surface area contributed by atoms with Crippen molar-refractivity contribution in [1.82, 2.24) is 0 Å². The van der Waals surface area contributed by atoms with E-state index in [0.717, 1.165) is 25.7 Å². The van der Waals surface area contributed by atoms with Crippen LogP contribution < -0.4 is 5.11 Å². The van der Waals surface area contributed by atoms with Crippen LogP contribution in [0.15, 0.2) is 0 Å². The molecule has 1 aliphatic rings. The number of carbonyl (C=O) groups excluding carboxylic acids is 1. The van der Waals surface area contributed by atoms with Crippen LogP contribution in [0.25, 0.3) is 0 Å². The summed E-state index contributed by atoms with van der Waals surface area (Å²) in [4.78, 5) is 10.1. The van der Waals surface area contributed by atoms with Gasteiger partial charge < -0.3 is 9.90 Å². The van der Waals surface area contributed by atoms with Crippen LogP contribution in [-0.2, 0) is 27.2 Å². The number of carboxylic acid groups (broad SMARTS) is 1. The van der Waals surface area contributed by atoms with Crippen LogP contribution in [0, 0.1) is 5.92 Å². The molecule has 0 spiro atoms. The van der Waals surface area contributed by atoms with E-state index in [1.807, 2.05) is 0 Å². The number of hydrogen-bond donors (Lipinski definition) is 0. The molecule has 1 saturated carbocycles. The first-order valence-corrected chi connectivity index (χ1v) is 3.01. The predicted octanol–water partition coefficient (Wildman–Crippen LogP) is -0.0760. The van der Waals surface area contributed by atoms with Gasteiger partial charge in [-0.2, -0.15) is 0 Å². The van der Waals surface area contributed by atoms with Gasteiger partial charge in [-0.1, -0.05) is 12.8 Å². The maximum Gasteiger partial charge on any atom is 1.00 e. The van der Waals surface area contributed by atoms with Gasteiger partial charge in [0, 0.05) is 5.97 Å². The third kappa shape index (κ3) is 2.52. The Morgan fingerprint density at radius 1 is 1.33 bits per heavy atom. The number of aliphatic carboxylic acids is 1. The van der Waals surface area contributed by atoms with Crippen LogP contribution in [-0.4, -0.2) is 5.97 Å². The fourth-order valence-electron chi connectivity index (χ4n) is 1.16. The zero-order valence-corrected chi connectivity index (χ0v) is 6.51. The van der Waals surface area contributed by atoms with E-state index in [2.05, 4.69) is 0 Å². The molecule has 0 saturated heterocycles. The number of carboxylic acids is 1. The fourth-order valence-corrected chi connectivity index (χ4v) is 1.16. The van der Waals surface area contributed by atoms with Crippen molar-refractivity contribution in [2.45, 2.75) is 25.7 Å². The van der Waals surface area contributed by atoms with E-state index < -0.39 is 5.97 Å². The van der Waals surface area contributed by atoms with Gasteiger partial charge in [0.2, 0.25) is 0 Å². The topological polar surface area (TPSA) is 40.1 Å². The van der Waals surface area contributed by atoms with Crippen LogP contribution in [0.2, 0.25) is 0 Å². The average Bonchev–Trinajstić information content (AvgIpc) is 2.12. The molecule has 0 aromatic rings. The summed E-state index contributed by atoms with van der Waals surface area (Å²) in [6, 6.07) is 0. The summed E-state index contributed by atoms with van der Waals surface area (Å²) < 4.78 is 0. The van der Waals surface area contributed by atoms with Crippen molar-refractivity contribution in [2.75, 3.05) is 0 Å². The van der Waals surface area contributed by atoms with Crippen molar-refractivity contribution in [2.24, 2.45) is 5.92 Å². The maximum absolute atomic E-state index is 10.1. The second-order valence-corrected chi connectivity index (χ2v) is 2.30. The summed E-state index contributed by atoms with van der Waals surface area (Å²) in [6.45, 7) is 0. The summed E-state index contributed by atoms with van der Waals surface area (Å²) >= 11 is 0. The number of rotatable bonds is 1. The zero-order chi connectivity index (χ0) is 5.98. The number of carbonyl (C=O) groups is 1. The van der Waals surface area contributed by atoms with Crippen LogP contribution in [0.5, 0.6) is 0 Å². The van der Waals surface area contributed by atoms with Crippen LogP contribution in [0.4, 0.5) is 0 Å². The van der Waals surface area contributed by atoms with Crippen molar-refractivity contribution in [1.29, 1.82) is 0 Å². The standard InChI is InChI=1S/C6H10O2.Ag/c7-6(8)5-3-1-2-4-5;/h5H,1-4H2,(H,7,8);/q;+1/p-1. The molecule has 3 heteroatoms. The molecule has 1 rings (SSSR count). The van der Waals surface area contributed by atoms with Gasteiger partial charge in [-0.15, -0.1) is 0 Å². The molecule has 56 valence electrons. The monoisotopic (exact) mass is 220 g/mol. The molecule has 2 nitrogen and oxygen atoms in total. The minimum absolute atomic E-state index is 0. The quantitative estimate of drug-likeness (QED) is 0.581. The summed E-state index contributed by atoms with van der Waals surface area (Å²) in [5.41, 5.74) is 0. The van der Waals surface area contributed by atoms with Crippen molar-refractivity contribution in [3.05, 3.63) is 0 Å². The molecule has 0 radical (unpaired) electrons. The Labute approximate surface area is 70.1 Å². The summed E-state index contributed by atoms with van der Waals surface area (Å²) in [5.74, 6) is -0.988. The van der Waals surface area contributed by atoms with Gasteiger partial charge in [0.25, 0.3) is 0 Å². The Balaban J connectivity index is 0.000000640. The largest absolute Gasteiger partial charge is 1.00 e. The summed E-state index contributed by atoms with van der Waals surface area (Å²) in [7, 11) is 0. The third-order valence-corrected chi connectivity index (χ3v) is 1.69. The Hall–Kier alpha value is 0.210. The van der Waals surface area contributed by atoms with E-state index in [4.69, 9.17) is 0 Å². The maximum atomic E-state index is 10.1. The van der Waals surface area contributed by atoms with Crippen LogP contribution in [0.1, 0.15) is 25.7 Å². The van der Waals surface area contributed by atoms with Gasteiger partial charge in [-0.05, 0) is 18.8 Å². The first-order chi connectivity index (χ1) is 3.80. The van der Waals surface area contributed by atoms with E-state index in [0.29, 0.717) is 0 Å². The molecular weight excluding hydrogens is 212 g/mol. The van der Waals surface area contributed by atoms with Crippen LogP contribution >= 0.6 is 0 Å². The molecule has 0 amide bonds. The van der Waals surface area contributed by atoms with E-state index in [1.54, 1.807) is 0 Å². The molecule has 0 atom stereocenters. The average molecular weight is 221 g/mol. The van der Waals surface area contributed by atoms with Gasteiger partial charge in [0.05, 0.1) is 0 Å². The smallest absolute Gasteiger partial charge is 0.550 e. The van der Waals surface area contributed by atoms with Gasteiger partial charge in [-0.25, -0.2) is 0 Å². The Morgan fingerprint density at radius 2 is 1.78 bits per heavy atom. The zero-order valence-electron chi connectivity index (χ0n) is 5.02. The molecule has 0 heterocycles. The predicted molar refractivity (Wildman–Crippen MR) is 27.0 cm³/mol. The van der Waals surface area contributed by atoms with Gasteiger partial charge in [-0.3, -0.25) is 0 Å². The second kappa shape index (κ2) is 4.09. The normalized spacial score (nSPS) is 19.1. The molecule has 9 heavy (non-hydrogen) atoms. The van der Waals surface area contributed by atoms with Crippen molar-refractivity contribution < 1.29 is 32.3 Å². The van der Waals surface area contributed by atoms with E-state index >= 15 is 0 Å². The third-order valence-electron chi connectivity index (χ3n) is 1.69. The first kappa shape index (κ1) is 9.21. The summed E-state index contributed by atoms with van der Waals surface area (Å²) in [5, 5.41) is 10.1. The summed E-state index contributed by atoms with van der Waals surface area (Å²) in [6.07, 6.45) is 3.81. The fraction of sp³-hybridized carbons (Fsp3) is 0.833. The molecule has 1 fully saturated rings. The van der Waals surface area contributed by atoms with E-state index in [-0.39, 0.29) is 28.3 Å². The molecule has 0 unspecified atom stereocenters. The molecule has 0 aliphatic heterocycles. The van der Waals surface area contributed by atoms with E-state index in [1.165, 1.54) is 0 Å². The van der Waals surface area contributed by atoms with E-state index in [9.17, 15) is 9.90 Å². The molecule has 1 aliphatic carbocycles. The van der Waals surface area contributed by atoms with Gasteiger partial charge in [0.1, 0.15) is 0 Å².